The molecule has 0 heterocycles. The van der Waals surface area contributed by atoms with Gasteiger partial charge in [-0.3, -0.25) is 4.99 Å². The smallest absolute Gasteiger partial charge is 0.357 e. The van der Waals surface area contributed by atoms with Crippen LogP contribution in [-0.2, 0) is 0 Å². The van der Waals surface area contributed by atoms with E-state index in [1.54, 1.807) is 0 Å². The second-order valence-electron chi connectivity index (χ2n) is 4.94. The van der Waals surface area contributed by atoms with E-state index in [1.165, 1.54) is 0 Å². The van der Waals surface area contributed by atoms with Gasteiger partial charge in [0.2, 0.25) is 0 Å². The average Bonchev–Trinajstić information content (AvgIpc) is 2.26. The fourth-order valence-electron chi connectivity index (χ4n) is 1.45. The summed E-state index contributed by atoms with van der Waals surface area (Å²) in [7, 11) is 0. The molecule has 0 aliphatic rings. The third-order valence-electron chi connectivity index (χ3n) is 2.50. The van der Waals surface area contributed by atoms with Crippen LogP contribution < -0.4 is 10.6 Å². The number of nitrogens with zero attached hydrogens (tertiary/aromatic N) is 1. The summed E-state index contributed by atoms with van der Waals surface area (Å²) in [5, 5.41) is 6.26. The van der Waals surface area contributed by atoms with E-state index < -0.39 is 12.6 Å². The van der Waals surface area contributed by atoms with E-state index in [1.807, 2.05) is 6.92 Å². The average molecular weight is 409 g/mol. The van der Waals surface area contributed by atoms with Crippen LogP contribution >= 0.6 is 24.0 Å². The third kappa shape index (κ3) is 15.8. The molecule has 0 aromatic heterocycles. The largest absolute Gasteiger partial charge is 0.389 e. The van der Waals surface area contributed by atoms with Crippen LogP contribution in [0.1, 0.15) is 46.5 Å². The number of unbranched alkanes of at least 4 members (excludes halogenated alkanes) is 1. The molecule has 0 amide bonds. The summed E-state index contributed by atoms with van der Waals surface area (Å²) >= 11 is 0. The maximum atomic E-state index is 11.9. The van der Waals surface area contributed by atoms with E-state index in [0.29, 0.717) is 24.8 Å². The lowest BCUT2D eigenvalue weighted by molar-refractivity contribution is -0.135. The molecule has 0 unspecified atom stereocenters. The van der Waals surface area contributed by atoms with Gasteiger partial charge in [0.15, 0.2) is 5.96 Å². The number of rotatable bonds is 8. The minimum absolute atomic E-state index is 0. The van der Waals surface area contributed by atoms with Gasteiger partial charge in [0, 0.05) is 26.1 Å². The van der Waals surface area contributed by atoms with Crippen molar-refractivity contribution in [2.45, 2.75) is 52.6 Å². The van der Waals surface area contributed by atoms with Crippen molar-refractivity contribution < 1.29 is 13.2 Å². The van der Waals surface area contributed by atoms with Gasteiger partial charge in [-0.25, -0.2) is 0 Å². The highest BCUT2D eigenvalue weighted by molar-refractivity contribution is 14.0. The van der Waals surface area contributed by atoms with E-state index in [-0.39, 0.29) is 30.4 Å². The molecule has 122 valence electrons. The Balaban J connectivity index is 0. The van der Waals surface area contributed by atoms with Crippen molar-refractivity contribution in [1.82, 2.24) is 10.6 Å². The molecule has 0 aromatic carbocycles. The Morgan fingerprint density at radius 3 is 2.30 bits per heavy atom. The highest BCUT2D eigenvalue weighted by Gasteiger charge is 2.25. The predicted molar refractivity (Wildman–Crippen MR) is 88.8 cm³/mol. The second-order valence-corrected chi connectivity index (χ2v) is 4.94. The fraction of sp³-hybridized carbons (Fsp3) is 0.923. The van der Waals surface area contributed by atoms with Crippen LogP contribution in [0.15, 0.2) is 4.99 Å². The van der Waals surface area contributed by atoms with Crippen molar-refractivity contribution in [2.24, 2.45) is 10.9 Å². The van der Waals surface area contributed by atoms with E-state index in [0.717, 1.165) is 19.5 Å². The van der Waals surface area contributed by atoms with Gasteiger partial charge in [-0.2, -0.15) is 13.2 Å². The van der Waals surface area contributed by atoms with Crippen molar-refractivity contribution in [2.75, 3.05) is 19.6 Å². The summed E-state index contributed by atoms with van der Waals surface area (Å²) in [6.45, 7) is 8.24. The summed E-state index contributed by atoms with van der Waals surface area (Å²) < 4.78 is 35.8. The number of hydrogen-bond acceptors (Lipinski definition) is 1. The fourth-order valence-corrected chi connectivity index (χ4v) is 1.45. The molecule has 0 bridgehead atoms. The minimum atomic E-state index is -4.05. The number of halogens is 4. The molecule has 7 heteroatoms. The van der Waals surface area contributed by atoms with Crippen LogP contribution in [-0.4, -0.2) is 31.8 Å². The SMILES string of the molecule is CCNC(=NCCCCC(F)(F)F)NCCC(C)C.I. The Hall–Kier alpha value is -0.210. The Labute approximate surface area is 137 Å². The van der Waals surface area contributed by atoms with Gasteiger partial charge < -0.3 is 10.6 Å². The van der Waals surface area contributed by atoms with Crippen LogP contribution in [0.2, 0.25) is 0 Å². The molecule has 20 heavy (non-hydrogen) atoms. The van der Waals surface area contributed by atoms with Crippen molar-refractivity contribution in [1.29, 1.82) is 0 Å². The molecular weight excluding hydrogens is 382 g/mol. The number of alkyl halides is 3. The van der Waals surface area contributed by atoms with Crippen LogP contribution in [0.4, 0.5) is 13.2 Å². The zero-order valence-electron chi connectivity index (χ0n) is 12.5. The molecule has 0 spiro atoms. The molecule has 2 N–H and O–H groups in total. The maximum Gasteiger partial charge on any atom is 0.389 e. The van der Waals surface area contributed by atoms with Crippen LogP contribution in [0.25, 0.3) is 0 Å². The highest BCUT2D eigenvalue weighted by Crippen LogP contribution is 2.21. The molecular formula is C13H27F3IN3. The molecule has 0 aliphatic heterocycles. The number of hydrogen-bond donors (Lipinski definition) is 2. The van der Waals surface area contributed by atoms with Gasteiger partial charge >= 0.3 is 6.18 Å². The Morgan fingerprint density at radius 2 is 1.80 bits per heavy atom. The van der Waals surface area contributed by atoms with Gasteiger partial charge in [0.25, 0.3) is 0 Å². The summed E-state index contributed by atoms with van der Waals surface area (Å²) in [5.74, 6) is 1.30. The van der Waals surface area contributed by atoms with E-state index in [9.17, 15) is 13.2 Å². The molecule has 0 atom stereocenters. The topological polar surface area (TPSA) is 36.4 Å². The first-order valence-corrected chi connectivity index (χ1v) is 6.94. The summed E-state index contributed by atoms with van der Waals surface area (Å²) in [5.41, 5.74) is 0. The first kappa shape index (κ1) is 22.1. The van der Waals surface area contributed by atoms with Crippen LogP contribution in [0.3, 0.4) is 0 Å². The van der Waals surface area contributed by atoms with Gasteiger partial charge in [0.05, 0.1) is 0 Å². The van der Waals surface area contributed by atoms with Crippen molar-refractivity contribution in [3.63, 3.8) is 0 Å². The molecule has 0 fully saturated rings. The second kappa shape index (κ2) is 12.5. The zero-order valence-corrected chi connectivity index (χ0v) is 14.8. The monoisotopic (exact) mass is 409 g/mol. The lowest BCUT2D eigenvalue weighted by Gasteiger charge is -2.12. The number of guanidine groups is 1. The van der Waals surface area contributed by atoms with Gasteiger partial charge in [0.1, 0.15) is 0 Å². The van der Waals surface area contributed by atoms with Crippen LogP contribution in [0.5, 0.6) is 0 Å². The van der Waals surface area contributed by atoms with Crippen molar-refractivity contribution >= 4 is 29.9 Å². The molecule has 0 saturated heterocycles. The van der Waals surface area contributed by atoms with E-state index in [4.69, 9.17) is 0 Å². The molecule has 0 aliphatic carbocycles. The predicted octanol–water partition coefficient (Wildman–Crippen LogP) is 3.94. The normalized spacial score (nSPS) is 12.2. The minimum Gasteiger partial charge on any atom is -0.357 e. The number of nitrogens with one attached hydrogen (secondary N) is 2. The molecule has 0 saturated carbocycles. The Kier molecular flexibility index (Phi) is 13.8. The molecule has 0 aromatic rings. The molecule has 3 nitrogen and oxygen atoms in total. The van der Waals surface area contributed by atoms with Gasteiger partial charge in [-0.1, -0.05) is 13.8 Å². The summed E-state index contributed by atoms with van der Waals surface area (Å²) in [6.07, 6.45) is -3.14. The highest BCUT2D eigenvalue weighted by atomic mass is 127. The Bertz CT molecular complexity index is 256. The maximum absolute atomic E-state index is 11.9. The first-order valence-electron chi connectivity index (χ1n) is 6.94. The summed E-state index contributed by atoms with van der Waals surface area (Å²) in [6, 6.07) is 0. The van der Waals surface area contributed by atoms with Crippen molar-refractivity contribution in [3.05, 3.63) is 0 Å². The van der Waals surface area contributed by atoms with Crippen molar-refractivity contribution in [3.8, 4) is 0 Å². The zero-order chi connectivity index (χ0) is 14.7. The third-order valence-corrected chi connectivity index (χ3v) is 2.50. The quantitative estimate of drug-likeness (QED) is 0.276. The summed E-state index contributed by atoms with van der Waals surface area (Å²) in [4.78, 5) is 4.26. The molecule has 0 rings (SSSR count). The lowest BCUT2D eigenvalue weighted by atomic mass is 10.1. The van der Waals surface area contributed by atoms with Gasteiger partial charge in [-0.05, 0) is 32.1 Å². The van der Waals surface area contributed by atoms with E-state index >= 15 is 0 Å². The van der Waals surface area contributed by atoms with E-state index in [2.05, 4.69) is 29.5 Å². The lowest BCUT2D eigenvalue weighted by Crippen LogP contribution is -2.38. The van der Waals surface area contributed by atoms with Gasteiger partial charge in [-0.15, -0.1) is 24.0 Å². The first-order chi connectivity index (χ1) is 8.85. The number of aliphatic imine (C=N–C) groups is 1. The van der Waals surface area contributed by atoms with Crippen LogP contribution in [0, 0.1) is 5.92 Å². The molecule has 0 radical (unpaired) electrons. The Morgan fingerprint density at radius 1 is 1.15 bits per heavy atom. The standard InChI is InChI=1S/C13H26F3N3.HI/c1-4-17-12(19-10-7-11(2)3)18-9-6-5-8-13(14,15)16;/h11H,4-10H2,1-3H3,(H2,17,18,19);1H.